The van der Waals surface area contributed by atoms with E-state index >= 15 is 0 Å². The Hall–Kier alpha value is -1.56. The maximum atomic E-state index is 12.0. The molecule has 0 aromatic carbocycles. The van der Waals surface area contributed by atoms with E-state index in [0.29, 0.717) is 26.1 Å². The molecule has 0 saturated carbocycles. The second kappa shape index (κ2) is 7.78. The fourth-order valence-electron chi connectivity index (χ4n) is 1.99. The average Bonchev–Trinajstić information content (AvgIpc) is 2.38. The van der Waals surface area contributed by atoms with Crippen LogP contribution < -0.4 is 5.32 Å². The highest BCUT2D eigenvalue weighted by molar-refractivity contribution is 5.76. The number of carboxylic acid groups (broad SMARTS) is 1. The van der Waals surface area contributed by atoms with Gasteiger partial charge in [-0.2, -0.15) is 0 Å². The number of hydrogen-bond acceptors (Lipinski definition) is 3. The Labute approximate surface area is 113 Å². The molecule has 1 aliphatic heterocycles. The lowest BCUT2D eigenvalue weighted by Gasteiger charge is -2.28. The van der Waals surface area contributed by atoms with Gasteiger partial charge in [0.15, 0.2) is 0 Å². The Morgan fingerprint density at radius 3 is 2.79 bits per heavy atom. The molecule has 0 saturated heterocycles. The zero-order valence-electron chi connectivity index (χ0n) is 11.5. The van der Waals surface area contributed by atoms with Crippen molar-refractivity contribution in [1.29, 1.82) is 0 Å². The second-order valence-electron chi connectivity index (χ2n) is 4.64. The molecular weight excluding hydrogens is 248 g/mol. The molecule has 6 nitrogen and oxygen atoms in total. The lowest BCUT2D eigenvalue weighted by molar-refractivity contribution is -0.137. The third kappa shape index (κ3) is 5.30. The lowest BCUT2D eigenvalue weighted by atomic mass is 10.1. The summed E-state index contributed by atoms with van der Waals surface area (Å²) in [5.74, 6) is -0.895. The highest BCUT2D eigenvalue weighted by atomic mass is 16.5. The van der Waals surface area contributed by atoms with Gasteiger partial charge in [0.2, 0.25) is 0 Å². The van der Waals surface area contributed by atoms with Gasteiger partial charge in [0.05, 0.1) is 13.0 Å². The van der Waals surface area contributed by atoms with Gasteiger partial charge in [-0.15, -0.1) is 0 Å². The number of amides is 2. The van der Waals surface area contributed by atoms with Gasteiger partial charge in [0.25, 0.3) is 0 Å². The minimum absolute atomic E-state index is 0.0408. The van der Waals surface area contributed by atoms with Crippen LogP contribution in [0.3, 0.4) is 0 Å². The fourth-order valence-corrected chi connectivity index (χ4v) is 1.99. The molecule has 0 radical (unpaired) electrons. The van der Waals surface area contributed by atoms with Gasteiger partial charge < -0.3 is 20.1 Å². The topological polar surface area (TPSA) is 78.9 Å². The van der Waals surface area contributed by atoms with Crippen LogP contribution in [0.15, 0.2) is 11.6 Å². The normalized spacial score (nSPS) is 16.7. The molecular formula is C13H22N2O4. The predicted molar refractivity (Wildman–Crippen MR) is 71.0 cm³/mol. The van der Waals surface area contributed by atoms with Gasteiger partial charge in [-0.3, -0.25) is 4.79 Å². The molecule has 1 unspecified atom stereocenters. The van der Waals surface area contributed by atoms with E-state index in [1.165, 1.54) is 5.57 Å². The first-order valence-electron chi connectivity index (χ1n) is 6.50. The van der Waals surface area contributed by atoms with Crippen LogP contribution in [0, 0.1) is 0 Å². The van der Waals surface area contributed by atoms with Crippen LogP contribution in [0.1, 0.15) is 26.2 Å². The van der Waals surface area contributed by atoms with Crippen LogP contribution in [0.5, 0.6) is 0 Å². The molecule has 0 spiro atoms. The van der Waals surface area contributed by atoms with Gasteiger partial charge in [-0.05, 0) is 18.4 Å². The summed E-state index contributed by atoms with van der Waals surface area (Å²) >= 11 is 0. The molecule has 1 heterocycles. The van der Waals surface area contributed by atoms with Crippen molar-refractivity contribution >= 4 is 12.0 Å². The number of carboxylic acids is 1. The van der Waals surface area contributed by atoms with Gasteiger partial charge in [-0.25, -0.2) is 4.79 Å². The van der Waals surface area contributed by atoms with E-state index in [1.54, 1.807) is 12.0 Å². The molecule has 0 fully saturated rings. The smallest absolute Gasteiger partial charge is 0.317 e. The fraction of sp³-hybridized carbons (Fsp3) is 0.692. The number of ether oxygens (including phenoxy) is 1. The Bertz CT molecular complexity index is 355. The maximum absolute atomic E-state index is 12.0. The standard InChI is InChI=1S/C13H22N2O4/c1-3-11(8-12(16)17)14-13(18)15-6-4-10(5-7-15)9-19-2/h4,11H,3,5-9H2,1-2H3,(H,14,18)(H,16,17). The predicted octanol–water partition coefficient (Wildman–Crippen LogP) is 1.23. The van der Waals surface area contributed by atoms with Crippen molar-refractivity contribution in [2.75, 3.05) is 26.8 Å². The molecule has 0 bridgehead atoms. The van der Waals surface area contributed by atoms with Gasteiger partial charge in [-0.1, -0.05) is 13.0 Å². The Morgan fingerprint density at radius 2 is 2.32 bits per heavy atom. The zero-order valence-corrected chi connectivity index (χ0v) is 11.5. The first-order valence-corrected chi connectivity index (χ1v) is 6.50. The van der Waals surface area contributed by atoms with Crippen molar-refractivity contribution in [3.8, 4) is 0 Å². The van der Waals surface area contributed by atoms with Crippen molar-refractivity contribution in [3.05, 3.63) is 11.6 Å². The first-order chi connectivity index (χ1) is 9.06. The van der Waals surface area contributed by atoms with E-state index < -0.39 is 5.97 Å². The summed E-state index contributed by atoms with van der Waals surface area (Å²) in [4.78, 5) is 24.3. The zero-order chi connectivity index (χ0) is 14.3. The number of aliphatic carboxylic acids is 1. The minimum Gasteiger partial charge on any atom is -0.481 e. The summed E-state index contributed by atoms with van der Waals surface area (Å²) in [7, 11) is 1.65. The van der Waals surface area contributed by atoms with Crippen molar-refractivity contribution in [3.63, 3.8) is 0 Å². The highest BCUT2D eigenvalue weighted by Crippen LogP contribution is 2.11. The number of urea groups is 1. The second-order valence-corrected chi connectivity index (χ2v) is 4.64. The monoisotopic (exact) mass is 270 g/mol. The molecule has 19 heavy (non-hydrogen) atoms. The van der Waals surface area contributed by atoms with Crippen molar-refractivity contribution in [2.24, 2.45) is 0 Å². The highest BCUT2D eigenvalue weighted by Gasteiger charge is 2.20. The molecule has 2 N–H and O–H groups in total. The van der Waals surface area contributed by atoms with Crippen LogP contribution in [0.2, 0.25) is 0 Å². The molecule has 0 aliphatic carbocycles. The lowest BCUT2D eigenvalue weighted by Crippen LogP contribution is -2.46. The third-order valence-corrected chi connectivity index (χ3v) is 3.16. The van der Waals surface area contributed by atoms with Crippen LogP contribution in [-0.2, 0) is 9.53 Å². The van der Waals surface area contributed by atoms with E-state index in [1.807, 2.05) is 13.0 Å². The maximum Gasteiger partial charge on any atom is 0.317 e. The molecule has 2 amide bonds. The Kier molecular flexibility index (Phi) is 6.35. The van der Waals surface area contributed by atoms with Crippen LogP contribution in [0.25, 0.3) is 0 Å². The third-order valence-electron chi connectivity index (χ3n) is 3.16. The summed E-state index contributed by atoms with van der Waals surface area (Å²) in [5, 5.41) is 11.5. The summed E-state index contributed by atoms with van der Waals surface area (Å²) in [5.41, 5.74) is 1.20. The summed E-state index contributed by atoms with van der Waals surface area (Å²) in [6.07, 6.45) is 3.36. The van der Waals surface area contributed by atoms with E-state index in [-0.39, 0.29) is 18.5 Å². The van der Waals surface area contributed by atoms with E-state index in [0.717, 1.165) is 6.42 Å². The van der Waals surface area contributed by atoms with E-state index in [9.17, 15) is 9.59 Å². The van der Waals surface area contributed by atoms with Crippen LogP contribution in [0.4, 0.5) is 4.79 Å². The average molecular weight is 270 g/mol. The molecule has 1 rings (SSSR count). The molecule has 1 atom stereocenters. The molecule has 0 aromatic heterocycles. The van der Waals surface area contributed by atoms with E-state index in [2.05, 4.69) is 5.32 Å². The van der Waals surface area contributed by atoms with Crippen molar-refractivity contribution < 1.29 is 19.4 Å². The first kappa shape index (κ1) is 15.5. The van der Waals surface area contributed by atoms with Gasteiger partial charge in [0.1, 0.15) is 0 Å². The number of nitrogens with one attached hydrogen (secondary N) is 1. The van der Waals surface area contributed by atoms with Crippen LogP contribution in [-0.4, -0.2) is 54.9 Å². The Morgan fingerprint density at radius 1 is 1.58 bits per heavy atom. The molecule has 0 aromatic rings. The largest absolute Gasteiger partial charge is 0.481 e. The number of hydrogen-bond donors (Lipinski definition) is 2. The number of methoxy groups -OCH3 is 1. The number of nitrogens with zero attached hydrogens (tertiary/aromatic N) is 1. The molecule has 108 valence electrons. The quantitative estimate of drug-likeness (QED) is 0.711. The SMILES string of the molecule is CCC(CC(=O)O)NC(=O)N1CC=C(COC)CC1. The van der Waals surface area contributed by atoms with E-state index in [4.69, 9.17) is 9.84 Å². The number of carbonyl (C=O) groups is 2. The minimum atomic E-state index is -0.895. The van der Waals surface area contributed by atoms with Crippen LogP contribution >= 0.6 is 0 Å². The number of carbonyl (C=O) groups excluding carboxylic acids is 1. The molecule has 6 heteroatoms. The Balaban J connectivity index is 2.44. The molecule has 1 aliphatic rings. The van der Waals surface area contributed by atoms with Gasteiger partial charge >= 0.3 is 12.0 Å². The summed E-state index contributed by atoms with van der Waals surface area (Å²) in [6.45, 7) is 3.66. The summed E-state index contributed by atoms with van der Waals surface area (Å²) in [6, 6.07) is -0.504. The summed E-state index contributed by atoms with van der Waals surface area (Å²) < 4.78 is 5.05. The van der Waals surface area contributed by atoms with Crippen molar-refractivity contribution in [2.45, 2.75) is 32.2 Å². The van der Waals surface area contributed by atoms with Crippen molar-refractivity contribution in [1.82, 2.24) is 10.2 Å². The van der Waals surface area contributed by atoms with Gasteiger partial charge in [0, 0.05) is 26.2 Å². The number of rotatable bonds is 6.